The van der Waals surface area contributed by atoms with Gasteiger partial charge in [-0.25, -0.2) is 0 Å². The molecule has 2 amide bonds. The van der Waals surface area contributed by atoms with Crippen LogP contribution in [0.5, 0.6) is 0 Å². The van der Waals surface area contributed by atoms with Crippen molar-refractivity contribution in [1.82, 2.24) is 4.90 Å². The van der Waals surface area contributed by atoms with E-state index >= 15 is 0 Å². The van der Waals surface area contributed by atoms with Crippen LogP contribution < -0.4 is 5.32 Å². The Balaban J connectivity index is 1.74. The lowest BCUT2D eigenvalue weighted by molar-refractivity contribution is -0.138. The first-order chi connectivity index (χ1) is 10.1. The summed E-state index contributed by atoms with van der Waals surface area (Å²) in [6.07, 6.45) is 2.77. The highest BCUT2D eigenvalue weighted by atomic mass is 35.5. The van der Waals surface area contributed by atoms with Crippen molar-refractivity contribution in [3.63, 3.8) is 0 Å². The molecule has 1 N–H and O–H groups in total. The number of amides is 2. The third-order valence-corrected chi connectivity index (χ3v) is 3.24. The number of halogens is 1. The monoisotopic (exact) mass is 302 g/mol. The maximum atomic E-state index is 12.2. The highest BCUT2D eigenvalue weighted by Crippen LogP contribution is 2.21. The maximum absolute atomic E-state index is 12.2. The average Bonchev–Trinajstić information content (AvgIpc) is 3.04. The molecule has 6 heteroatoms. The first-order valence-corrected chi connectivity index (χ1v) is 6.64. The summed E-state index contributed by atoms with van der Waals surface area (Å²) in [5.74, 6) is -0.216. The van der Waals surface area contributed by atoms with Gasteiger partial charge in [-0.1, -0.05) is 17.7 Å². The summed E-state index contributed by atoms with van der Waals surface area (Å²) in [6, 6.07) is 10.3. The lowest BCUT2D eigenvalue weighted by Gasteiger charge is -2.13. The van der Waals surface area contributed by atoms with Crippen LogP contribution in [0.25, 0.3) is 0 Å². The molecule has 1 aromatic carbocycles. The van der Waals surface area contributed by atoms with E-state index in [1.54, 1.807) is 36.4 Å². The summed E-state index contributed by atoms with van der Waals surface area (Å²) in [6.45, 7) is 0.113. The Bertz CT molecular complexity index is 722. The summed E-state index contributed by atoms with van der Waals surface area (Å²) in [7, 11) is 0. The van der Waals surface area contributed by atoms with Crippen LogP contribution in [0.4, 0.5) is 5.69 Å². The van der Waals surface area contributed by atoms with Gasteiger partial charge in [-0.2, -0.15) is 0 Å². The molecule has 2 heterocycles. The van der Waals surface area contributed by atoms with Gasteiger partial charge in [0.05, 0.1) is 12.8 Å². The van der Waals surface area contributed by atoms with Crippen molar-refractivity contribution in [2.24, 2.45) is 0 Å². The van der Waals surface area contributed by atoms with Crippen LogP contribution in [0.1, 0.15) is 5.76 Å². The Labute approximate surface area is 125 Å². The number of furan rings is 1. The fourth-order valence-corrected chi connectivity index (χ4v) is 2.22. The SMILES string of the molecule is O=C1C=C(Nc2cccc(Cl)c2)C(=O)N1Cc1ccco1. The topological polar surface area (TPSA) is 62.6 Å². The molecule has 5 nitrogen and oxygen atoms in total. The van der Waals surface area contributed by atoms with Gasteiger partial charge >= 0.3 is 0 Å². The number of imide groups is 1. The molecule has 2 aromatic rings. The van der Waals surface area contributed by atoms with Gasteiger partial charge < -0.3 is 9.73 Å². The minimum atomic E-state index is -0.392. The fourth-order valence-electron chi connectivity index (χ4n) is 2.03. The van der Waals surface area contributed by atoms with Gasteiger partial charge in [0.25, 0.3) is 11.8 Å². The van der Waals surface area contributed by atoms with E-state index in [2.05, 4.69) is 5.32 Å². The van der Waals surface area contributed by atoms with Crippen LogP contribution in [0, 0.1) is 0 Å². The van der Waals surface area contributed by atoms with Crippen molar-refractivity contribution in [3.8, 4) is 0 Å². The summed E-state index contributed by atoms with van der Waals surface area (Å²) in [5, 5.41) is 3.45. The third-order valence-electron chi connectivity index (χ3n) is 3.01. The number of anilines is 1. The Morgan fingerprint density at radius 2 is 2.05 bits per heavy atom. The lowest BCUT2D eigenvalue weighted by Crippen LogP contribution is -2.31. The number of nitrogens with one attached hydrogen (secondary N) is 1. The van der Waals surface area contributed by atoms with E-state index in [1.165, 1.54) is 12.3 Å². The first-order valence-electron chi connectivity index (χ1n) is 6.26. The normalized spacial score (nSPS) is 14.5. The number of carbonyl (C=O) groups excluding carboxylic acids is 2. The molecule has 0 aliphatic carbocycles. The highest BCUT2D eigenvalue weighted by molar-refractivity contribution is 6.30. The zero-order valence-electron chi connectivity index (χ0n) is 10.9. The molecular weight excluding hydrogens is 292 g/mol. The van der Waals surface area contributed by atoms with E-state index < -0.39 is 5.91 Å². The zero-order valence-corrected chi connectivity index (χ0v) is 11.6. The smallest absolute Gasteiger partial charge is 0.277 e. The lowest BCUT2D eigenvalue weighted by atomic mass is 10.3. The Hall–Kier alpha value is -2.53. The molecule has 0 saturated heterocycles. The van der Waals surface area contributed by atoms with Crippen molar-refractivity contribution in [2.75, 3.05) is 5.32 Å². The van der Waals surface area contributed by atoms with Gasteiger partial charge in [0.2, 0.25) is 0 Å². The van der Waals surface area contributed by atoms with Crippen LogP contribution in [-0.2, 0) is 16.1 Å². The molecule has 0 unspecified atom stereocenters. The number of benzene rings is 1. The molecule has 0 fully saturated rings. The van der Waals surface area contributed by atoms with Gasteiger partial charge in [-0.05, 0) is 30.3 Å². The summed E-state index contributed by atoms with van der Waals surface area (Å²) in [5.41, 5.74) is 0.864. The van der Waals surface area contributed by atoms with Crippen LogP contribution in [-0.4, -0.2) is 16.7 Å². The fraction of sp³-hybridized carbons (Fsp3) is 0.0667. The number of carbonyl (C=O) groups is 2. The summed E-state index contributed by atoms with van der Waals surface area (Å²) < 4.78 is 5.15. The van der Waals surface area contributed by atoms with Crippen LogP contribution >= 0.6 is 11.6 Å². The van der Waals surface area contributed by atoms with Crippen molar-refractivity contribution in [1.29, 1.82) is 0 Å². The van der Waals surface area contributed by atoms with Crippen molar-refractivity contribution in [3.05, 3.63) is 65.2 Å². The van der Waals surface area contributed by atoms with Crippen LogP contribution in [0.2, 0.25) is 5.02 Å². The highest BCUT2D eigenvalue weighted by Gasteiger charge is 2.31. The Morgan fingerprint density at radius 3 is 2.76 bits per heavy atom. The largest absolute Gasteiger partial charge is 0.467 e. The van der Waals surface area contributed by atoms with Crippen LogP contribution in [0.3, 0.4) is 0 Å². The maximum Gasteiger partial charge on any atom is 0.277 e. The molecule has 1 aliphatic rings. The second-order valence-corrected chi connectivity index (χ2v) is 4.94. The predicted octanol–water partition coefficient (Wildman–Crippen LogP) is 2.80. The molecule has 0 atom stereocenters. The van der Waals surface area contributed by atoms with E-state index in [4.69, 9.17) is 16.0 Å². The second-order valence-electron chi connectivity index (χ2n) is 4.50. The molecule has 0 saturated carbocycles. The molecule has 1 aromatic heterocycles. The van der Waals surface area contributed by atoms with Crippen molar-refractivity contribution < 1.29 is 14.0 Å². The zero-order chi connectivity index (χ0) is 14.8. The van der Waals surface area contributed by atoms with Gasteiger partial charge in [0.15, 0.2) is 0 Å². The van der Waals surface area contributed by atoms with Crippen molar-refractivity contribution in [2.45, 2.75) is 6.54 Å². The molecule has 106 valence electrons. The molecule has 0 bridgehead atoms. The van der Waals surface area contributed by atoms with Gasteiger partial charge in [0.1, 0.15) is 11.5 Å². The Kier molecular flexibility index (Phi) is 3.50. The van der Waals surface area contributed by atoms with E-state index in [-0.39, 0.29) is 18.1 Å². The summed E-state index contributed by atoms with van der Waals surface area (Å²) in [4.78, 5) is 25.2. The standard InChI is InChI=1S/C15H11ClN2O3/c16-10-3-1-4-11(7-10)17-13-8-14(19)18(15(13)20)9-12-5-2-6-21-12/h1-8,17H,9H2. The molecule has 3 rings (SSSR count). The minimum Gasteiger partial charge on any atom is -0.467 e. The second kappa shape index (κ2) is 5.46. The Morgan fingerprint density at radius 1 is 1.19 bits per heavy atom. The first kappa shape index (κ1) is 13.5. The molecule has 21 heavy (non-hydrogen) atoms. The number of nitrogens with zero attached hydrogens (tertiary/aromatic N) is 1. The average molecular weight is 303 g/mol. The molecule has 0 radical (unpaired) electrons. The number of hydrogen-bond acceptors (Lipinski definition) is 4. The van der Waals surface area contributed by atoms with Gasteiger partial charge in [-0.3, -0.25) is 14.5 Å². The van der Waals surface area contributed by atoms with Gasteiger partial charge in [0, 0.05) is 16.8 Å². The van der Waals surface area contributed by atoms with Crippen molar-refractivity contribution >= 4 is 29.1 Å². The van der Waals surface area contributed by atoms with E-state index in [1.807, 2.05) is 0 Å². The van der Waals surface area contributed by atoms with Crippen LogP contribution in [0.15, 0.2) is 58.9 Å². The number of hydrogen-bond donors (Lipinski definition) is 1. The van der Waals surface area contributed by atoms with Gasteiger partial charge in [-0.15, -0.1) is 0 Å². The van der Waals surface area contributed by atoms with E-state index in [0.717, 1.165) is 4.90 Å². The third kappa shape index (κ3) is 2.83. The quantitative estimate of drug-likeness (QED) is 0.882. The predicted molar refractivity (Wildman–Crippen MR) is 77.4 cm³/mol. The minimum absolute atomic E-state index is 0.113. The van der Waals surface area contributed by atoms with E-state index in [9.17, 15) is 9.59 Å². The summed E-state index contributed by atoms with van der Waals surface area (Å²) >= 11 is 5.88. The molecule has 1 aliphatic heterocycles. The number of rotatable bonds is 4. The molecule has 0 spiro atoms. The molecular formula is C15H11ClN2O3. The van der Waals surface area contributed by atoms with E-state index in [0.29, 0.717) is 16.5 Å².